The van der Waals surface area contributed by atoms with Gasteiger partial charge in [-0.25, -0.2) is 4.79 Å². The maximum Gasteiger partial charge on any atom is 0.408 e. The Hall–Kier alpha value is -3.10. The van der Waals surface area contributed by atoms with Crippen LogP contribution in [0.25, 0.3) is 0 Å². The molecular weight excluding hydrogens is 518 g/mol. The number of unbranched alkanes of at least 4 members (excludes halogenated alkanes) is 1. The molecule has 0 aromatic heterocycles. The van der Waals surface area contributed by atoms with Crippen molar-refractivity contribution in [3.05, 3.63) is 70.7 Å². The van der Waals surface area contributed by atoms with Crippen LogP contribution in [0.4, 0.5) is 4.79 Å². The molecule has 8 nitrogen and oxygen atoms in total. The normalized spacial score (nSPS) is 17.6. The van der Waals surface area contributed by atoms with E-state index in [0.29, 0.717) is 37.3 Å². The average molecular weight is 558 g/mol. The number of rotatable bonds is 13. The van der Waals surface area contributed by atoms with Crippen molar-refractivity contribution in [1.82, 2.24) is 16.0 Å². The zero-order valence-corrected chi connectivity index (χ0v) is 23.7. The smallest absolute Gasteiger partial charge is 0.408 e. The summed E-state index contributed by atoms with van der Waals surface area (Å²) < 4.78 is 6.03. The molecule has 212 valence electrons. The molecule has 0 saturated carbocycles. The highest BCUT2D eigenvalue weighted by Crippen LogP contribution is 2.40. The molecule has 0 radical (unpaired) electrons. The minimum absolute atomic E-state index is 0.0683. The summed E-state index contributed by atoms with van der Waals surface area (Å²) in [4.78, 5) is 38.5. The Kier molecular flexibility index (Phi) is 11.2. The van der Waals surface area contributed by atoms with Gasteiger partial charge < -0.3 is 25.8 Å². The molecule has 0 bridgehead atoms. The van der Waals surface area contributed by atoms with E-state index in [4.69, 9.17) is 16.3 Å². The summed E-state index contributed by atoms with van der Waals surface area (Å²) in [5, 5.41) is 18.8. The van der Waals surface area contributed by atoms with Gasteiger partial charge in [-0.15, -0.1) is 0 Å². The first-order chi connectivity index (χ1) is 18.6. The first kappa shape index (κ1) is 30.4. The lowest BCUT2D eigenvalue weighted by atomic mass is 9.76. The molecule has 0 unspecified atom stereocenters. The minimum Gasteiger partial charge on any atom is -0.440 e. The summed E-state index contributed by atoms with van der Waals surface area (Å²) >= 11 is 6.27. The Morgan fingerprint density at radius 3 is 2.51 bits per heavy atom. The molecule has 4 N–H and O–H groups in total. The molecule has 3 rings (SSSR count). The van der Waals surface area contributed by atoms with Gasteiger partial charge in [0, 0.05) is 22.9 Å². The monoisotopic (exact) mass is 557 g/mol. The second-order valence-electron chi connectivity index (χ2n) is 10.7. The third-order valence-corrected chi connectivity index (χ3v) is 7.54. The standard InChI is InChI=1S/C30H40ClN3O5/c1-4-5-14-25(28(37)33-24(19-35)17-21-15-16-32-27(21)36)34-29(38)39-26(20-10-7-6-8-11-20)30(2,3)22-12-9-13-23(31)18-22/h6-13,18,21,24-26,35H,4-5,14-17,19H2,1-3H3,(H,32,36)(H,33,37)(H,34,38)/t21-,24+,25+,26+/m1/s1. The SMILES string of the molecule is CCCC[C@H](NC(=O)O[C@@H](c1ccccc1)C(C)(C)c1cccc(Cl)c1)C(=O)N[C@H](CO)C[C@H]1CCNC1=O. The number of ether oxygens (including phenoxy) is 1. The van der Waals surface area contributed by atoms with Gasteiger partial charge >= 0.3 is 6.09 Å². The van der Waals surface area contributed by atoms with E-state index in [9.17, 15) is 19.5 Å². The van der Waals surface area contributed by atoms with Crippen LogP contribution in [0.1, 0.15) is 70.1 Å². The second kappa shape index (κ2) is 14.3. The molecule has 2 aromatic rings. The van der Waals surface area contributed by atoms with Crippen molar-refractivity contribution in [1.29, 1.82) is 0 Å². The summed E-state index contributed by atoms with van der Waals surface area (Å²) in [6.07, 6.45) is 1.57. The van der Waals surface area contributed by atoms with E-state index in [1.807, 2.05) is 69.3 Å². The molecule has 1 heterocycles. The quantitative estimate of drug-likeness (QED) is 0.286. The predicted molar refractivity (Wildman–Crippen MR) is 151 cm³/mol. The molecular formula is C30H40ClN3O5. The van der Waals surface area contributed by atoms with Crippen LogP contribution in [0.2, 0.25) is 5.02 Å². The number of carbonyl (C=O) groups is 3. The highest BCUT2D eigenvalue weighted by Gasteiger charge is 2.37. The summed E-state index contributed by atoms with van der Waals surface area (Å²) in [6.45, 7) is 6.26. The first-order valence-corrected chi connectivity index (χ1v) is 14.0. The number of halogens is 1. The van der Waals surface area contributed by atoms with Gasteiger partial charge in [-0.05, 0) is 42.5 Å². The Bertz CT molecular complexity index is 1110. The Balaban J connectivity index is 1.75. The minimum atomic E-state index is -0.852. The highest BCUT2D eigenvalue weighted by molar-refractivity contribution is 6.30. The zero-order valence-electron chi connectivity index (χ0n) is 22.9. The van der Waals surface area contributed by atoms with E-state index in [-0.39, 0.29) is 18.4 Å². The van der Waals surface area contributed by atoms with E-state index < -0.39 is 35.6 Å². The van der Waals surface area contributed by atoms with Gasteiger partial charge in [0.1, 0.15) is 12.1 Å². The Labute approximate surface area is 235 Å². The molecule has 2 aromatic carbocycles. The van der Waals surface area contributed by atoms with E-state index >= 15 is 0 Å². The van der Waals surface area contributed by atoms with Crippen LogP contribution in [-0.4, -0.2) is 48.2 Å². The largest absolute Gasteiger partial charge is 0.440 e. The summed E-state index contributed by atoms with van der Waals surface area (Å²) in [5.74, 6) is -0.737. The highest BCUT2D eigenvalue weighted by atomic mass is 35.5. The molecule has 0 spiro atoms. The first-order valence-electron chi connectivity index (χ1n) is 13.6. The van der Waals surface area contributed by atoms with Gasteiger partial charge in [0.25, 0.3) is 0 Å². The van der Waals surface area contributed by atoms with Crippen LogP contribution in [0.5, 0.6) is 0 Å². The van der Waals surface area contributed by atoms with Crippen molar-refractivity contribution < 1.29 is 24.2 Å². The maximum atomic E-state index is 13.3. The molecule has 9 heteroatoms. The lowest BCUT2D eigenvalue weighted by Crippen LogP contribution is -2.51. The van der Waals surface area contributed by atoms with Gasteiger partial charge in [0.2, 0.25) is 11.8 Å². The molecule has 39 heavy (non-hydrogen) atoms. The Morgan fingerprint density at radius 1 is 1.15 bits per heavy atom. The van der Waals surface area contributed by atoms with Crippen LogP contribution in [0.3, 0.4) is 0 Å². The van der Waals surface area contributed by atoms with Crippen molar-refractivity contribution in [3.8, 4) is 0 Å². The number of amides is 3. The number of aliphatic hydroxyl groups excluding tert-OH is 1. The molecule has 1 aliphatic rings. The van der Waals surface area contributed by atoms with Crippen LogP contribution >= 0.6 is 11.6 Å². The third-order valence-electron chi connectivity index (χ3n) is 7.30. The van der Waals surface area contributed by atoms with Gasteiger partial charge in [-0.3, -0.25) is 9.59 Å². The zero-order chi connectivity index (χ0) is 28.4. The van der Waals surface area contributed by atoms with Crippen molar-refractivity contribution in [2.75, 3.05) is 13.2 Å². The Morgan fingerprint density at radius 2 is 1.90 bits per heavy atom. The molecule has 4 atom stereocenters. The van der Waals surface area contributed by atoms with Crippen LogP contribution in [0.15, 0.2) is 54.6 Å². The lowest BCUT2D eigenvalue weighted by molar-refractivity contribution is -0.126. The molecule has 1 fully saturated rings. The molecule has 1 aliphatic heterocycles. The number of hydrogen-bond acceptors (Lipinski definition) is 5. The number of alkyl carbamates (subject to hydrolysis) is 1. The van der Waals surface area contributed by atoms with E-state index in [2.05, 4.69) is 16.0 Å². The van der Waals surface area contributed by atoms with Crippen molar-refractivity contribution in [3.63, 3.8) is 0 Å². The van der Waals surface area contributed by atoms with Crippen molar-refractivity contribution in [2.24, 2.45) is 5.92 Å². The van der Waals surface area contributed by atoms with E-state index in [1.54, 1.807) is 6.07 Å². The number of aliphatic hydroxyl groups is 1. The number of benzene rings is 2. The molecule has 1 saturated heterocycles. The number of hydrogen-bond donors (Lipinski definition) is 4. The number of nitrogens with one attached hydrogen (secondary N) is 3. The fourth-order valence-electron chi connectivity index (χ4n) is 4.96. The van der Waals surface area contributed by atoms with Crippen molar-refractivity contribution in [2.45, 2.75) is 76.5 Å². The van der Waals surface area contributed by atoms with Gasteiger partial charge in [0.05, 0.1) is 12.6 Å². The number of carbonyl (C=O) groups excluding carboxylic acids is 3. The van der Waals surface area contributed by atoms with Crippen LogP contribution < -0.4 is 16.0 Å². The fourth-order valence-corrected chi connectivity index (χ4v) is 5.15. The van der Waals surface area contributed by atoms with Crippen LogP contribution in [-0.2, 0) is 19.7 Å². The summed E-state index contributed by atoms with van der Waals surface area (Å²) in [7, 11) is 0. The molecule has 0 aliphatic carbocycles. The van der Waals surface area contributed by atoms with Crippen LogP contribution in [0, 0.1) is 5.92 Å². The lowest BCUT2D eigenvalue weighted by Gasteiger charge is -2.35. The second-order valence-corrected chi connectivity index (χ2v) is 11.1. The van der Waals surface area contributed by atoms with Gasteiger partial charge in [-0.2, -0.15) is 0 Å². The third kappa shape index (κ3) is 8.44. The molecule has 3 amide bonds. The topological polar surface area (TPSA) is 117 Å². The van der Waals surface area contributed by atoms with Gasteiger partial charge in [0.15, 0.2) is 0 Å². The van der Waals surface area contributed by atoms with E-state index in [0.717, 1.165) is 17.5 Å². The summed E-state index contributed by atoms with van der Waals surface area (Å²) in [5.41, 5.74) is 1.07. The summed E-state index contributed by atoms with van der Waals surface area (Å²) in [6, 6.07) is 15.5. The maximum absolute atomic E-state index is 13.3. The average Bonchev–Trinajstić information content (AvgIpc) is 3.33. The predicted octanol–water partition coefficient (Wildman–Crippen LogP) is 4.65. The van der Waals surface area contributed by atoms with Crippen molar-refractivity contribution >= 4 is 29.5 Å². The van der Waals surface area contributed by atoms with E-state index in [1.165, 1.54) is 0 Å². The fraction of sp³-hybridized carbons (Fsp3) is 0.500. The van der Waals surface area contributed by atoms with Gasteiger partial charge in [-0.1, -0.05) is 87.7 Å².